The van der Waals surface area contributed by atoms with Crippen molar-refractivity contribution in [2.75, 3.05) is 19.8 Å². The van der Waals surface area contributed by atoms with Crippen molar-refractivity contribution < 1.29 is 4.79 Å². The van der Waals surface area contributed by atoms with Crippen LogP contribution in [0.5, 0.6) is 0 Å². The van der Waals surface area contributed by atoms with Gasteiger partial charge in [-0.25, -0.2) is 4.98 Å². The predicted octanol–water partition coefficient (Wildman–Crippen LogP) is 1.66. The summed E-state index contributed by atoms with van der Waals surface area (Å²) in [4.78, 5) is 18.2. The van der Waals surface area contributed by atoms with Gasteiger partial charge in [-0.1, -0.05) is 24.3 Å². The van der Waals surface area contributed by atoms with Crippen molar-refractivity contribution in [3.05, 3.63) is 59.4 Å². The van der Waals surface area contributed by atoms with Crippen LogP contribution in [0.1, 0.15) is 21.6 Å². The van der Waals surface area contributed by atoms with Crippen LogP contribution in [0.25, 0.3) is 0 Å². The molecular weight excluding hydrogens is 264 g/mol. The lowest BCUT2D eigenvalue weighted by Gasteiger charge is -2.14. The van der Waals surface area contributed by atoms with Crippen LogP contribution < -0.4 is 11.1 Å². The Balaban J connectivity index is 2.02. The van der Waals surface area contributed by atoms with Crippen molar-refractivity contribution in [1.29, 1.82) is 0 Å². The van der Waals surface area contributed by atoms with Gasteiger partial charge in [0.15, 0.2) is 0 Å². The molecule has 2 rings (SSSR count). The Morgan fingerprint density at radius 2 is 1.90 bits per heavy atom. The summed E-state index contributed by atoms with van der Waals surface area (Å²) in [5.41, 5.74) is 8.78. The zero-order chi connectivity index (χ0) is 15.2. The van der Waals surface area contributed by atoms with E-state index in [9.17, 15) is 4.79 Å². The Morgan fingerprint density at radius 3 is 2.52 bits per heavy atom. The van der Waals surface area contributed by atoms with Gasteiger partial charge in [0.2, 0.25) is 0 Å². The van der Waals surface area contributed by atoms with Gasteiger partial charge in [0, 0.05) is 13.1 Å². The number of hydrogen-bond donors (Lipinski definition) is 2. The van der Waals surface area contributed by atoms with Crippen LogP contribution in [-0.4, -0.2) is 29.9 Å². The van der Waals surface area contributed by atoms with Crippen LogP contribution >= 0.6 is 0 Å². The van der Waals surface area contributed by atoms with Crippen LogP contribution in [0.15, 0.2) is 42.6 Å². The average molecular weight is 284 g/mol. The minimum atomic E-state index is -0.199. The van der Waals surface area contributed by atoms with Crippen molar-refractivity contribution >= 4 is 11.6 Å². The fraction of sp³-hybridized carbons (Fsp3) is 0.250. The number of benzene rings is 1. The van der Waals surface area contributed by atoms with E-state index in [-0.39, 0.29) is 5.91 Å². The standard InChI is InChI=1S/C16H20N4O/c1-20(2)11-13-6-4-3-5-12(13)9-19-16(21)15-8-7-14(17)10-18-15/h3-8,10H,9,11,17H2,1-2H3,(H,19,21). The average Bonchev–Trinajstić information content (AvgIpc) is 2.46. The zero-order valence-corrected chi connectivity index (χ0v) is 12.3. The van der Waals surface area contributed by atoms with Crippen molar-refractivity contribution in [1.82, 2.24) is 15.2 Å². The molecule has 0 radical (unpaired) electrons. The second-order valence-electron chi connectivity index (χ2n) is 5.17. The first-order chi connectivity index (χ1) is 10.1. The second-order valence-corrected chi connectivity index (χ2v) is 5.17. The number of carbonyl (C=O) groups excluding carboxylic acids is 1. The number of hydrogen-bond acceptors (Lipinski definition) is 4. The first kappa shape index (κ1) is 15.0. The SMILES string of the molecule is CN(C)Cc1ccccc1CNC(=O)c1ccc(N)cn1. The molecule has 1 aromatic carbocycles. The summed E-state index contributed by atoms with van der Waals surface area (Å²) in [6.45, 7) is 1.32. The summed E-state index contributed by atoms with van der Waals surface area (Å²) in [6, 6.07) is 11.4. The van der Waals surface area contributed by atoms with Gasteiger partial charge in [-0.2, -0.15) is 0 Å². The number of nitrogens with two attached hydrogens (primary N) is 1. The van der Waals surface area contributed by atoms with Gasteiger partial charge < -0.3 is 16.0 Å². The molecule has 0 atom stereocenters. The quantitative estimate of drug-likeness (QED) is 0.876. The highest BCUT2D eigenvalue weighted by Crippen LogP contribution is 2.10. The van der Waals surface area contributed by atoms with Gasteiger partial charge in [0.25, 0.3) is 5.91 Å². The summed E-state index contributed by atoms with van der Waals surface area (Å²) >= 11 is 0. The maximum absolute atomic E-state index is 12.0. The fourth-order valence-electron chi connectivity index (χ4n) is 2.03. The predicted molar refractivity (Wildman–Crippen MR) is 83.7 cm³/mol. The second kappa shape index (κ2) is 6.85. The molecule has 5 heteroatoms. The van der Waals surface area contributed by atoms with Gasteiger partial charge in [-0.3, -0.25) is 4.79 Å². The number of nitrogen functional groups attached to an aromatic ring is 1. The molecule has 3 N–H and O–H groups in total. The number of amides is 1. The Bertz CT molecular complexity index is 608. The summed E-state index contributed by atoms with van der Waals surface area (Å²) < 4.78 is 0. The number of rotatable bonds is 5. The molecule has 0 aliphatic rings. The van der Waals surface area contributed by atoms with Gasteiger partial charge >= 0.3 is 0 Å². The lowest BCUT2D eigenvalue weighted by atomic mass is 10.1. The molecule has 0 unspecified atom stereocenters. The van der Waals surface area contributed by atoms with E-state index < -0.39 is 0 Å². The summed E-state index contributed by atoms with van der Waals surface area (Å²) in [5.74, 6) is -0.199. The van der Waals surface area contributed by atoms with E-state index in [4.69, 9.17) is 5.73 Å². The van der Waals surface area contributed by atoms with Crippen molar-refractivity contribution in [2.45, 2.75) is 13.1 Å². The molecule has 0 spiro atoms. The molecule has 0 aliphatic carbocycles. The molecule has 21 heavy (non-hydrogen) atoms. The van der Waals surface area contributed by atoms with E-state index in [2.05, 4.69) is 21.3 Å². The first-order valence-electron chi connectivity index (χ1n) is 6.77. The van der Waals surface area contributed by atoms with E-state index in [1.165, 1.54) is 11.8 Å². The lowest BCUT2D eigenvalue weighted by Crippen LogP contribution is -2.25. The van der Waals surface area contributed by atoms with Crippen LogP contribution in [0.2, 0.25) is 0 Å². The molecule has 2 aromatic rings. The highest BCUT2D eigenvalue weighted by atomic mass is 16.1. The third kappa shape index (κ3) is 4.29. The topological polar surface area (TPSA) is 71.2 Å². The molecule has 0 bridgehead atoms. The monoisotopic (exact) mass is 284 g/mol. The van der Waals surface area contributed by atoms with Crippen LogP contribution in [0, 0.1) is 0 Å². The molecule has 0 aliphatic heterocycles. The highest BCUT2D eigenvalue weighted by Gasteiger charge is 2.08. The number of nitrogens with one attached hydrogen (secondary N) is 1. The molecule has 1 amide bonds. The molecule has 1 heterocycles. The summed E-state index contributed by atoms with van der Waals surface area (Å²) in [7, 11) is 4.04. The van der Waals surface area contributed by atoms with E-state index >= 15 is 0 Å². The van der Waals surface area contributed by atoms with E-state index in [0.29, 0.717) is 17.9 Å². The van der Waals surface area contributed by atoms with E-state index in [0.717, 1.165) is 12.1 Å². The Labute approximate surface area is 124 Å². The molecule has 5 nitrogen and oxygen atoms in total. The maximum Gasteiger partial charge on any atom is 0.270 e. The highest BCUT2D eigenvalue weighted by molar-refractivity contribution is 5.92. The summed E-state index contributed by atoms with van der Waals surface area (Å²) in [6.07, 6.45) is 1.48. The summed E-state index contributed by atoms with van der Waals surface area (Å²) in [5, 5.41) is 2.89. The van der Waals surface area contributed by atoms with E-state index in [1.54, 1.807) is 12.1 Å². The number of pyridine rings is 1. The Morgan fingerprint density at radius 1 is 1.19 bits per heavy atom. The number of anilines is 1. The molecule has 110 valence electrons. The zero-order valence-electron chi connectivity index (χ0n) is 12.3. The number of carbonyl (C=O) groups is 1. The molecule has 1 aromatic heterocycles. The molecule has 0 saturated heterocycles. The largest absolute Gasteiger partial charge is 0.397 e. The first-order valence-corrected chi connectivity index (χ1v) is 6.77. The normalized spacial score (nSPS) is 10.6. The van der Waals surface area contributed by atoms with Gasteiger partial charge in [0.05, 0.1) is 11.9 Å². The number of nitrogens with zero attached hydrogens (tertiary/aromatic N) is 2. The molecule has 0 fully saturated rings. The third-order valence-corrected chi connectivity index (χ3v) is 3.06. The minimum Gasteiger partial charge on any atom is -0.397 e. The number of aromatic nitrogens is 1. The van der Waals surface area contributed by atoms with Crippen molar-refractivity contribution in [3.8, 4) is 0 Å². The van der Waals surface area contributed by atoms with Gasteiger partial charge in [0.1, 0.15) is 5.69 Å². The maximum atomic E-state index is 12.0. The van der Waals surface area contributed by atoms with Crippen molar-refractivity contribution in [3.63, 3.8) is 0 Å². The van der Waals surface area contributed by atoms with Crippen LogP contribution in [0.3, 0.4) is 0 Å². The van der Waals surface area contributed by atoms with Crippen LogP contribution in [-0.2, 0) is 13.1 Å². The van der Waals surface area contributed by atoms with Crippen molar-refractivity contribution in [2.24, 2.45) is 0 Å². The Kier molecular flexibility index (Phi) is 4.90. The third-order valence-electron chi connectivity index (χ3n) is 3.06. The van der Waals surface area contributed by atoms with E-state index in [1.807, 2.05) is 32.3 Å². The van der Waals surface area contributed by atoms with Gasteiger partial charge in [-0.05, 0) is 37.4 Å². The lowest BCUT2D eigenvalue weighted by molar-refractivity contribution is 0.0946. The molecule has 0 saturated carbocycles. The fourth-order valence-corrected chi connectivity index (χ4v) is 2.03. The van der Waals surface area contributed by atoms with Gasteiger partial charge in [-0.15, -0.1) is 0 Å². The molecular formula is C16H20N4O. The smallest absolute Gasteiger partial charge is 0.270 e. The minimum absolute atomic E-state index is 0.199. The Hall–Kier alpha value is -2.40. The van der Waals surface area contributed by atoms with Crippen LogP contribution in [0.4, 0.5) is 5.69 Å².